The van der Waals surface area contributed by atoms with Crippen LogP contribution in [0.4, 0.5) is 5.82 Å². The van der Waals surface area contributed by atoms with E-state index in [9.17, 15) is 4.79 Å². The highest BCUT2D eigenvalue weighted by Crippen LogP contribution is 2.37. The second kappa shape index (κ2) is 3.97. The van der Waals surface area contributed by atoms with E-state index in [0.717, 1.165) is 37.4 Å². The molecular formula is C14H19N3O. The molecule has 1 aromatic rings. The van der Waals surface area contributed by atoms with E-state index in [1.54, 1.807) is 0 Å². The molecule has 0 bridgehead atoms. The SMILES string of the molecule is CNc1nc(C)c(C)c2c1CN(C(=O)C1CC1)C2. The Labute approximate surface area is 107 Å². The van der Waals surface area contributed by atoms with Gasteiger partial charge in [0.15, 0.2) is 0 Å². The molecule has 0 aromatic carbocycles. The highest BCUT2D eigenvalue weighted by molar-refractivity contribution is 5.82. The van der Waals surface area contributed by atoms with Crippen molar-refractivity contribution in [1.29, 1.82) is 0 Å². The molecule has 3 rings (SSSR count). The lowest BCUT2D eigenvalue weighted by atomic mass is 10.0. The van der Waals surface area contributed by atoms with Crippen molar-refractivity contribution in [3.63, 3.8) is 0 Å². The molecule has 0 saturated heterocycles. The molecule has 4 nitrogen and oxygen atoms in total. The molecule has 1 amide bonds. The van der Waals surface area contributed by atoms with Crippen molar-refractivity contribution in [2.75, 3.05) is 12.4 Å². The van der Waals surface area contributed by atoms with Gasteiger partial charge in [0.25, 0.3) is 0 Å². The maximum absolute atomic E-state index is 12.2. The summed E-state index contributed by atoms with van der Waals surface area (Å²) >= 11 is 0. The first-order valence-electron chi connectivity index (χ1n) is 6.57. The number of pyridine rings is 1. The summed E-state index contributed by atoms with van der Waals surface area (Å²) in [7, 11) is 1.89. The third-order valence-electron chi connectivity index (χ3n) is 4.10. The van der Waals surface area contributed by atoms with Crippen LogP contribution in [0.2, 0.25) is 0 Å². The summed E-state index contributed by atoms with van der Waals surface area (Å²) in [6.07, 6.45) is 2.14. The van der Waals surface area contributed by atoms with Gasteiger partial charge in [0.2, 0.25) is 5.91 Å². The average molecular weight is 245 g/mol. The zero-order chi connectivity index (χ0) is 12.9. The van der Waals surface area contributed by atoms with Crippen molar-refractivity contribution in [1.82, 2.24) is 9.88 Å². The summed E-state index contributed by atoms with van der Waals surface area (Å²) in [5.41, 5.74) is 4.78. The smallest absolute Gasteiger partial charge is 0.226 e. The molecule has 1 aliphatic heterocycles. The molecule has 1 saturated carbocycles. The number of carbonyl (C=O) groups is 1. The lowest BCUT2D eigenvalue weighted by Gasteiger charge is -2.14. The van der Waals surface area contributed by atoms with Crippen molar-refractivity contribution in [2.24, 2.45) is 5.92 Å². The summed E-state index contributed by atoms with van der Waals surface area (Å²) in [6.45, 7) is 5.61. The number of aryl methyl sites for hydroxylation is 1. The minimum absolute atomic E-state index is 0.298. The molecule has 2 aliphatic rings. The standard InChI is InChI=1S/C14H19N3O/c1-8-9(2)16-13(15-3)12-7-17(6-11(8)12)14(18)10-4-5-10/h10H,4-7H2,1-3H3,(H,15,16). The van der Waals surface area contributed by atoms with Gasteiger partial charge >= 0.3 is 0 Å². The monoisotopic (exact) mass is 245 g/mol. The molecule has 0 radical (unpaired) electrons. The number of hydrogen-bond donors (Lipinski definition) is 1. The van der Waals surface area contributed by atoms with Crippen molar-refractivity contribution < 1.29 is 4.79 Å². The predicted octanol–water partition coefficient (Wildman–Crippen LogP) is 1.99. The van der Waals surface area contributed by atoms with E-state index in [-0.39, 0.29) is 0 Å². The van der Waals surface area contributed by atoms with Crippen LogP contribution in [0.15, 0.2) is 0 Å². The quantitative estimate of drug-likeness (QED) is 0.866. The van der Waals surface area contributed by atoms with Crippen molar-refractivity contribution in [3.8, 4) is 0 Å². The number of nitrogens with zero attached hydrogens (tertiary/aromatic N) is 2. The van der Waals surface area contributed by atoms with Crippen LogP contribution < -0.4 is 5.32 Å². The summed E-state index contributed by atoms with van der Waals surface area (Å²) in [5, 5.41) is 3.15. The lowest BCUT2D eigenvalue weighted by Crippen LogP contribution is -2.26. The fourth-order valence-electron chi connectivity index (χ4n) is 2.68. The molecule has 1 fully saturated rings. The van der Waals surface area contributed by atoms with E-state index in [1.165, 1.54) is 16.7 Å². The predicted molar refractivity (Wildman–Crippen MR) is 70.2 cm³/mol. The van der Waals surface area contributed by atoms with Gasteiger partial charge in [0, 0.05) is 37.3 Å². The number of anilines is 1. The largest absolute Gasteiger partial charge is 0.373 e. The summed E-state index contributed by atoms with van der Waals surface area (Å²) in [4.78, 5) is 18.7. The number of amides is 1. The van der Waals surface area contributed by atoms with Gasteiger partial charge in [-0.2, -0.15) is 0 Å². The Morgan fingerprint density at radius 3 is 2.56 bits per heavy atom. The molecule has 1 N–H and O–H groups in total. The Morgan fingerprint density at radius 2 is 1.94 bits per heavy atom. The van der Waals surface area contributed by atoms with Crippen LogP contribution in [0.25, 0.3) is 0 Å². The van der Waals surface area contributed by atoms with E-state index in [0.29, 0.717) is 11.8 Å². The third-order valence-corrected chi connectivity index (χ3v) is 4.10. The van der Waals surface area contributed by atoms with Crippen LogP contribution in [-0.2, 0) is 17.9 Å². The first-order valence-corrected chi connectivity index (χ1v) is 6.57. The molecular weight excluding hydrogens is 226 g/mol. The second-order valence-electron chi connectivity index (χ2n) is 5.35. The Bertz CT molecular complexity index is 520. The fraction of sp³-hybridized carbons (Fsp3) is 0.571. The molecule has 1 aliphatic carbocycles. The average Bonchev–Trinajstić information content (AvgIpc) is 3.11. The van der Waals surface area contributed by atoms with E-state index < -0.39 is 0 Å². The third kappa shape index (κ3) is 1.67. The summed E-state index contributed by atoms with van der Waals surface area (Å²) in [5.74, 6) is 1.55. The van der Waals surface area contributed by atoms with Gasteiger partial charge in [-0.15, -0.1) is 0 Å². The molecule has 4 heteroatoms. The van der Waals surface area contributed by atoms with Gasteiger partial charge in [0.05, 0.1) is 0 Å². The van der Waals surface area contributed by atoms with E-state index in [1.807, 2.05) is 18.9 Å². The minimum Gasteiger partial charge on any atom is -0.373 e. The number of rotatable bonds is 2. The van der Waals surface area contributed by atoms with Crippen LogP contribution in [0, 0.1) is 19.8 Å². The molecule has 2 heterocycles. The topological polar surface area (TPSA) is 45.2 Å². The Balaban J connectivity index is 1.95. The first-order chi connectivity index (χ1) is 8.61. The highest BCUT2D eigenvalue weighted by Gasteiger charge is 2.37. The van der Waals surface area contributed by atoms with E-state index >= 15 is 0 Å². The second-order valence-corrected chi connectivity index (χ2v) is 5.35. The molecule has 0 unspecified atom stereocenters. The van der Waals surface area contributed by atoms with Gasteiger partial charge in [-0.1, -0.05) is 0 Å². The molecule has 0 atom stereocenters. The Hall–Kier alpha value is -1.58. The normalized spacial score (nSPS) is 17.8. The van der Waals surface area contributed by atoms with E-state index in [2.05, 4.69) is 17.2 Å². The van der Waals surface area contributed by atoms with Crippen molar-refractivity contribution in [3.05, 3.63) is 22.4 Å². The molecule has 0 spiro atoms. The number of fused-ring (bicyclic) bond motifs is 1. The maximum atomic E-state index is 12.2. The van der Waals surface area contributed by atoms with Crippen LogP contribution in [0.5, 0.6) is 0 Å². The fourth-order valence-corrected chi connectivity index (χ4v) is 2.68. The lowest BCUT2D eigenvalue weighted by molar-refractivity contribution is -0.133. The summed E-state index contributed by atoms with van der Waals surface area (Å²) in [6, 6.07) is 0. The maximum Gasteiger partial charge on any atom is 0.226 e. The van der Waals surface area contributed by atoms with Gasteiger partial charge in [-0.3, -0.25) is 4.79 Å². The molecule has 96 valence electrons. The van der Waals surface area contributed by atoms with Gasteiger partial charge in [-0.05, 0) is 37.8 Å². The van der Waals surface area contributed by atoms with Crippen LogP contribution in [-0.4, -0.2) is 22.8 Å². The zero-order valence-corrected chi connectivity index (χ0v) is 11.2. The molecule has 1 aromatic heterocycles. The van der Waals surface area contributed by atoms with Crippen LogP contribution in [0.1, 0.15) is 35.2 Å². The van der Waals surface area contributed by atoms with Crippen LogP contribution >= 0.6 is 0 Å². The van der Waals surface area contributed by atoms with Crippen molar-refractivity contribution >= 4 is 11.7 Å². The van der Waals surface area contributed by atoms with E-state index in [4.69, 9.17) is 0 Å². The van der Waals surface area contributed by atoms with Gasteiger partial charge in [0.1, 0.15) is 5.82 Å². The highest BCUT2D eigenvalue weighted by atomic mass is 16.2. The first kappa shape index (κ1) is 11.5. The van der Waals surface area contributed by atoms with Gasteiger partial charge < -0.3 is 10.2 Å². The van der Waals surface area contributed by atoms with Crippen LogP contribution in [0.3, 0.4) is 0 Å². The molecule has 18 heavy (non-hydrogen) atoms. The summed E-state index contributed by atoms with van der Waals surface area (Å²) < 4.78 is 0. The number of hydrogen-bond acceptors (Lipinski definition) is 3. The number of aromatic nitrogens is 1. The number of nitrogens with one attached hydrogen (secondary N) is 1. The zero-order valence-electron chi connectivity index (χ0n) is 11.2. The van der Waals surface area contributed by atoms with Crippen molar-refractivity contribution in [2.45, 2.75) is 39.8 Å². The van der Waals surface area contributed by atoms with Gasteiger partial charge in [-0.25, -0.2) is 4.98 Å². The Morgan fingerprint density at radius 1 is 1.28 bits per heavy atom. The Kier molecular flexibility index (Phi) is 2.54. The minimum atomic E-state index is 0.298. The number of carbonyl (C=O) groups excluding carboxylic acids is 1.